The Kier molecular flexibility index (Phi) is 8.07. The van der Waals surface area contributed by atoms with E-state index in [1.54, 1.807) is 24.3 Å². The number of amides is 1. The molecular formula is C35H36N2O6S. The van der Waals surface area contributed by atoms with Crippen molar-refractivity contribution in [2.45, 2.75) is 66.0 Å². The number of aliphatic hydroxyl groups excluding tert-OH is 1. The number of nitrogens with zero attached hydrogens (tertiary/aromatic N) is 2. The van der Waals surface area contributed by atoms with Gasteiger partial charge in [-0.05, 0) is 92.8 Å². The molecule has 44 heavy (non-hydrogen) atoms. The molecule has 9 heteroatoms. The molecule has 2 aliphatic heterocycles. The van der Waals surface area contributed by atoms with Crippen molar-refractivity contribution in [1.29, 1.82) is 0 Å². The van der Waals surface area contributed by atoms with Gasteiger partial charge in [-0.15, -0.1) is 0 Å². The lowest BCUT2D eigenvalue weighted by Crippen LogP contribution is -2.29. The Labute approximate surface area is 260 Å². The van der Waals surface area contributed by atoms with E-state index in [2.05, 4.69) is 6.92 Å². The predicted octanol–water partition coefficient (Wildman–Crippen LogP) is 7.44. The molecule has 0 radical (unpaired) electrons. The maximum atomic E-state index is 13.9. The van der Waals surface area contributed by atoms with Crippen LogP contribution >= 0.6 is 11.3 Å². The SMILES string of the molecule is CCCCOc1ccc([C@@H]2/C(=C(\O)c3ccc4c(c3)C[C@H](C)O4)C(=O)C(=O)N2c2nc3c(C)cc(C)cc3s2)cc1OCC. The summed E-state index contributed by atoms with van der Waals surface area (Å²) in [5.41, 5.74) is 4.83. The molecule has 0 unspecified atom stereocenters. The molecule has 1 aromatic heterocycles. The third-order valence-electron chi connectivity index (χ3n) is 7.98. The maximum Gasteiger partial charge on any atom is 0.301 e. The van der Waals surface area contributed by atoms with Crippen molar-refractivity contribution >= 4 is 44.1 Å². The van der Waals surface area contributed by atoms with Crippen molar-refractivity contribution in [2.75, 3.05) is 18.1 Å². The molecule has 2 atom stereocenters. The molecule has 4 aromatic rings. The number of carbonyl (C=O) groups is 2. The summed E-state index contributed by atoms with van der Waals surface area (Å²) >= 11 is 1.35. The first-order valence-corrected chi connectivity index (χ1v) is 15.9. The van der Waals surface area contributed by atoms with E-state index in [1.165, 1.54) is 16.2 Å². The van der Waals surface area contributed by atoms with Crippen LogP contribution in [0, 0.1) is 13.8 Å². The molecule has 228 valence electrons. The molecule has 0 saturated carbocycles. The number of aliphatic hydroxyl groups is 1. The Balaban J connectivity index is 1.53. The second-order valence-electron chi connectivity index (χ2n) is 11.4. The number of benzene rings is 3. The smallest absolute Gasteiger partial charge is 0.301 e. The highest BCUT2D eigenvalue weighted by molar-refractivity contribution is 7.22. The maximum absolute atomic E-state index is 13.9. The third kappa shape index (κ3) is 5.30. The van der Waals surface area contributed by atoms with Gasteiger partial charge in [-0.25, -0.2) is 4.98 Å². The van der Waals surface area contributed by atoms with Crippen molar-refractivity contribution in [3.63, 3.8) is 0 Å². The minimum atomic E-state index is -0.940. The van der Waals surface area contributed by atoms with Crippen molar-refractivity contribution in [3.8, 4) is 17.2 Å². The fourth-order valence-corrected chi connectivity index (χ4v) is 7.11. The highest BCUT2D eigenvalue weighted by Gasteiger charge is 2.48. The first kappa shape index (κ1) is 29.7. The zero-order chi connectivity index (χ0) is 31.1. The standard InChI is InChI=1S/C35H36N2O6S/c1-6-8-13-42-26-12-9-22(18-27(26)41-7-2)31-29(32(38)23-10-11-25-24(17-23)16-21(5)43-25)33(39)34(40)37(31)35-36-30-20(4)14-19(3)15-28(30)44-35/h9-12,14-15,17-18,21,31,38H,6-8,13,16H2,1-5H3/b32-29+/t21-,31+/m0/s1. The van der Waals surface area contributed by atoms with E-state index in [4.69, 9.17) is 19.2 Å². The van der Waals surface area contributed by atoms with E-state index < -0.39 is 17.7 Å². The van der Waals surface area contributed by atoms with Gasteiger partial charge in [0.2, 0.25) is 0 Å². The van der Waals surface area contributed by atoms with Crippen LogP contribution in [0.5, 0.6) is 17.2 Å². The van der Waals surface area contributed by atoms with Crippen LogP contribution in [-0.2, 0) is 16.0 Å². The van der Waals surface area contributed by atoms with Gasteiger partial charge in [-0.1, -0.05) is 36.8 Å². The Morgan fingerprint density at radius 1 is 1.07 bits per heavy atom. The summed E-state index contributed by atoms with van der Waals surface area (Å²) in [6.07, 6.45) is 2.60. The van der Waals surface area contributed by atoms with Crippen LogP contribution in [-0.4, -0.2) is 41.1 Å². The second kappa shape index (κ2) is 12.0. The van der Waals surface area contributed by atoms with E-state index in [-0.39, 0.29) is 17.4 Å². The van der Waals surface area contributed by atoms with E-state index in [0.29, 0.717) is 47.4 Å². The first-order chi connectivity index (χ1) is 21.2. The number of carbonyl (C=O) groups excluding carboxylic acids is 2. The Morgan fingerprint density at radius 3 is 2.66 bits per heavy atom. The summed E-state index contributed by atoms with van der Waals surface area (Å²) in [5, 5.41) is 12.1. The van der Waals surface area contributed by atoms with Gasteiger partial charge in [0.25, 0.3) is 5.78 Å². The molecule has 3 heterocycles. The van der Waals surface area contributed by atoms with Gasteiger partial charge < -0.3 is 19.3 Å². The van der Waals surface area contributed by atoms with Crippen LogP contribution in [0.3, 0.4) is 0 Å². The number of aryl methyl sites for hydroxylation is 2. The van der Waals surface area contributed by atoms with Crippen molar-refractivity contribution in [1.82, 2.24) is 4.98 Å². The number of Topliss-reactive ketones (excluding diaryl/α,β-unsaturated/α-hetero) is 1. The number of unbranched alkanes of at least 4 members (excludes halogenated alkanes) is 1. The fourth-order valence-electron chi connectivity index (χ4n) is 5.94. The fraction of sp³-hybridized carbons (Fsp3) is 0.343. The van der Waals surface area contributed by atoms with E-state index in [0.717, 1.165) is 45.5 Å². The van der Waals surface area contributed by atoms with Gasteiger partial charge in [0.1, 0.15) is 17.6 Å². The van der Waals surface area contributed by atoms with E-state index in [1.807, 2.05) is 52.0 Å². The normalized spacial score (nSPS) is 19.0. The number of anilines is 1. The zero-order valence-corrected chi connectivity index (χ0v) is 26.4. The van der Waals surface area contributed by atoms with Crippen LogP contribution in [0.1, 0.15) is 67.5 Å². The van der Waals surface area contributed by atoms with Gasteiger partial charge in [0, 0.05) is 12.0 Å². The van der Waals surface area contributed by atoms with Gasteiger partial charge in [0.15, 0.2) is 16.6 Å². The van der Waals surface area contributed by atoms with Crippen molar-refractivity contribution in [2.24, 2.45) is 0 Å². The molecule has 1 fully saturated rings. The molecule has 0 spiro atoms. The second-order valence-corrected chi connectivity index (χ2v) is 12.4. The average molecular weight is 613 g/mol. The summed E-state index contributed by atoms with van der Waals surface area (Å²) < 4.78 is 18.7. The summed E-state index contributed by atoms with van der Waals surface area (Å²) in [5.74, 6) is 0.0834. The summed E-state index contributed by atoms with van der Waals surface area (Å²) in [7, 11) is 0. The minimum Gasteiger partial charge on any atom is -0.507 e. The Hall–Kier alpha value is -4.37. The quantitative estimate of drug-likeness (QED) is 0.0908. The molecule has 0 aliphatic carbocycles. The lowest BCUT2D eigenvalue weighted by molar-refractivity contribution is -0.132. The third-order valence-corrected chi connectivity index (χ3v) is 8.98. The van der Waals surface area contributed by atoms with Crippen molar-refractivity contribution < 1.29 is 28.9 Å². The molecule has 8 nitrogen and oxygen atoms in total. The summed E-state index contributed by atoms with van der Waals surface area (Å²) in [6.45, 7) is 10.9. The van der Waals surface area contributed by atoms with Gasteiger partial charge in [-0.3, -0.25) is 14.5 Å². The van der Waals surface area contributed by atoms with Crippen LogP contribution in [0.2, 0.25) is 0 Å². The predicted molar refractivity (Wildman–Crippen MR) is 172 cm³/mol. The van der Waals surface area contributed by atoms with Gasteiger partial charge in [-0.2, -0.15) is 0 Å². The lowest BCUT2D eigenvalue weighted by Gasteiger charge is -2.24. The first-order valence-electron chi connectivity index (χ1n) is 15.1. The molecule has 1 amide bonds. The number of thiazole rings is 1. The van der Waals surface area contributed by atoms with E-state index in [9.17, 15) is 14.7 Å². The Bertz CT molecular complexity index is 1810. The topological polar surface area (TPSA) is 98.2 Å². The molecule has 6 rings (SSSR count). The highest BCUT2D eigenvalue weighted by atomic mass is 32.1. The molecule has 3 aromatic carbocycles. The Morgan fingerprint density at radius 2 is 1.89 bits per heavy atom. The number of ether oxygens (including phenoxy) is 3. The van der Waals surface area contributed by atoms with E-state index >= 15 is 0 Å². The van der Waals surface area contributed by atoms with Gasteiger partial charge >= 0.3 is 5.91 Å². The number of fused-ring (bicyclic) bond motifs is 2. The lowest BCUT2D eigenvalue weighted by atomic mass is 9.94. The number of hydrogen-bond donors (Lipinski definition) is 1. The summed E-state index contributed by atoms with van der Waals surface area (Å²) in [6, 6.07) is 13.9. The van der Waals surface area contributed by atoms with Crippen LogP contribution in [0.4, 0.5) is 5.13 Å². The van der Waals surface area contributed by atoms with Crippen LogP contribution in [0.15, 0.2) is 54.1 Å². The monoisotopic (exact) mass is 612 g/mol. The van der Waals surface area contributed by atoms with Gasteiger partial charge in [0.05, 0.1) is 35.0 Å². The number of aromatic nitrogens is 1. The molecular weight excluding hydrogens is 576 g/mol. The molecule has 2 aliphatic rings. The number of ketones is 1. The van der Waals surface area contributed by atoms with Crippen molar-refractivity contribution in [3.05, 3.63) is 81.9 Å². The summed E-state index contributed by atoms with van der Waals surface area (Å²) in [4.78, 5) is 34.0. The largest absolute Gasteiger partial charge is 0.507 e. The zero-order valence-electron chi connectivity index (χ0n) is 25.6. The highest BCUT2D eigenvalue weighted by Crippen LogP contribution is 2.46. The van der Waals surface area contributed by atoms with Crippen LogP contribution in [0.25, 0.3) is 16.0 Å². The molecule has 1 N–H and O–H groups in total. The average Bonchev–Trinajstić information content (AvgIpc) is 3.66. The molecule has 1 saturated heterocycles. The molecule has 0 bridgehead atoms. The number of hydrogen-bond acceptors (Lipinski definition) is 8. The van der Waals surface area contributed by atoms with Crippen LogP contribution < -0.4 is 19.1 Å². The minimum absolute atomic E-state index is 0.00354. The number of rotatable bonds is 9.